The fraction of sp³-hybridized carbons (Fsp3) is 1.00. The van der Waals surface area contributed by atoms with Crippen LogP contribution in [-0.4, -0.2) is 29.1 Å². The predicted octanol–water partition coefficient (Wildman–Crippen LogP) is 1.33. The first-order chi connectivity index (χ1) is 4.33. The molecule has 1 aliphatic heterocycles. The summed E-state index contributed by atoms with van der Waals surface area (Å²) < 4.78 is 21.7. The van der Waals surface area contributed by atoms with Crippen LogP contribution < -0.4 is 0 Å². The zero-order chi connectivity index (χ0) is 7.99. The fourth-order valence-corrected chi connectivity index (χ4v) is 5.98. The van der Waals surface area contributed by atoms with Crippen LogP contribution in [0, 0.1) is 0 Å². The molecule has 0 aliphatic carbocycles. The van der Waals surface area contributed by atoms with E-state index >= 15 is 0 Å². The first kappa shape index (κ1) is 9.00. The minimum Gasteiger partial charge on any atom is -0.229 e. The van der Waals surface area contributed by atoms with Crippen molar-refractivity contribution in [1.29, 1.82) is 0 Å². The number of alkyl halides is 2. The molecule has 1 heterocycles. The lowest BCUT2D eigenvalue weighted by Crippen LogP contribution is -2.25. The number of hydrogen-bond acceptors (Lipinski definition) is 2. The van der Waals surface area contributed by atoms with Gasteiger partial charge in [0.2, 0.25) is 0 Å². The predicted molar refractivity (Wildman–Crippen MR) is 48.7 cm³/mol. The summed E-state index contributed by atoms with van der Waals surface area (Å²) >= 11 is 6.67. The SMILES string of the molecule is CC1(Br)CS(=O)(=O)CC1Br. The van der Waals surface area contributed by atoms with E-state index in [4.69, 9.17) is 0 Å². The first-order valence-corrected chi connectivity index (χ1v) is 6.40. The molecule has 0 N–H and O–H groups in total. The molecule has 5 heteroatoms. The highest BCUT2D eigenvalue weighted by Gasteiger charge is 2.43. The molecule has 2 atom stereocenters. The van der Waals surface area contributed by atoms with Gasteiger partial charge in [-0.1, -0.05) is 31.9 Å². The quantitative estimate of drug-likeness (QED) is 0.631. The Hall–Kier alpha value is 0.910. The van der Waals surface area contributed by atoms with E-state index in [0.717, 1.165) is 0 Å². The van der Waals surface area contributed by atoms with Crippen molar-refractivity contribution in [3.63, 3.8) is 0 Å². The average Bonchev–Trinajstić information content (AvgIpc) is 1.73. The van der Waals surface area contributed by atoms with E-state index < -0.39 is 9.84 Å². The molecule has 0 aromatic heterocycles. The number of rotatable bonds is 0. The third-order valence-corrected chi connectivity index (χ3v) is 7.02. The van der Waals surface area contributed by atoms with E-state index in [2.05, 4.69) is 31.9 Å². The summed E-state index contributed by atoms with van der Waals surface area (Å²) in [7, 11) is -2.80. The van der Waals surface area contributed by atoms with Gasteiger partial charge in [-0.15, -0.1) is 0 Å². The number of sulfone groups is 1. The Labute approximate surface area is 77.6 Å². The maximum atomic E-state index is 11.0. The van der Waals surface area contributed by atoms with Gasteiger partial charge in [-0.3, -0.25) is 0 Å². The van der Waals surface area contributed by atoms with Crippen LogP contribution in [0.15, 0.2) is 0 Å². The minimum absolute atomic E-state index is 0.0463. The molecule has 0 radical (unpaired) electrons. The second-order valence-corrected chi connectivity index (χ2v) is 7.83. The molecule has 1 rings (SSSR count). The lowest BCUT2D eigenvalue weighted by molar-refractivity contribution is 0.601. The topological polar surface area (TPSA) is 34.1 Å². The van der Waals surface area contributed by atoms with Gasteiger partial charge in [-0.2, -0.15) is 0 Å². The molecule has 0 amide bonds. The van der Waals surface area contributed by atoms with Crippen molar-refractivity contribution in [3.8, 4) is 0 Å². The molecule has 60 valence electrons. The van der Waals surface area contributed by atoms with Crippen LogP contribution in [0.4, 0.5) is 0 Å². The third-order valence-electron chi connectivity index (χ3n) is 1.56. The summed E-state index contributed by atoms with van der Waals surface area (Å²) in [5.74, 6) is 0.477. The highest BCUT2D eigenvalue weighted by molar-refractivity contribution is 9.12. The molecular weight excluding hydrogens is 284 g/mol. The largest absolute Gasteiger partial charge is 0.229 e. The Morgan fingerprint density at radius 3 is 2.20 bits per heavy atom. The normalized spacial score (nSPS) is 45.7. The maximum Gasteiger partial charge on any atom is 0.152 e. The second-order valence-electron chi connectivity index (χ2n) is 2.80. The molecule has 2 nitrogen and oxygen atoms in total. The van der Waals surface area contributed by atoms with E-state index in [1.54, 1.807) is 0 Å². The van der Waals surface area contributed by atoms with Gasteiger partial charge in [-0.05, 0) is 6.92 Å². The van der Waals surface area contributed by atoms with Crippen molar-refractivity contribution in [2.45, 2.75) is 16.1 Å². The molecule has 0 spiro atoms. The second kappa shape index (κ2) is 2.45. The highest BCUT2D eigenvalue weighted by atomic mass is 79.9. The van der Waals surface area contributed by atoms with Crippen molar-refractivity contribution in [2.24, 2.45) is 0 Å². The Kier molecular flexibility index (Phi) is 2.21. The van der Waals surface area contributed by atoms with E-state index in [1.165, 1.54) is 0 Å². The molecule has 1 aliphatic rings. The van der Waals surface area contributed by atoms with Gasteiger partial charge in [0.05, 0.1) is 15.8 Å². The summed E-state index contributed by atoms with van der Waals surface area (Å²) in [5, 5.41) is 0. The standard InChI is InChI=1S/C5H8Br2O2S/c1-5(7)3-10(8,9)2-4(5)6/h4H,2-3H2,1H3. The zero-order valence-electron chi connectivity index (χ0n) is 5.47. The van der Waals surface area contributed by atoms with Gasteiger partial charge in [0.15, 0.2) is 9.84 Å². The average molecular weight is 292 g/mol. The Bertz CT molecular complexity index is 232. The molecule has 1 fully saturated rings. The summed E-state index contributed by atoms with van der Waals surface area (Å²) in [5.41, 5.74) is 0. The van der Waals surface area contributed by atoms with Crippen LogP contribution in [0.2, 0.25) is 0 Å². The Morgan fingerprint density at radius 1 is 1.60 bits per heavy atom. The van der Waals surface area contributed by atoms with Crippen molar-refractivity contribution in [3.05, 3.63) is 0 Å². The van der Waals surface area contributed by atoms with E-state index in [-0.39, 0.29) is 20.7 Å². The van der Waals surface area contributed by atoms with Gasteiger partial charge >= 0.3 is 0 Å². The summed E-state index contributed by atoms with van der Waals surface area (Å²) in [6, 6.07) is 0. The Morgan fingerprint density at radius 2 is 2.10 bits per heavy atom. The van der Waals surface area contributed by atoms with E-state index in [1.807, 2.05) is 6.92 Å². The molecule has 0 aromatic rings. The van der Waals surface area contributed by atoms with Crippen LogP contribution in [0.25, 0.3) is 0 Å². The van der Waals surface area contributed by atoms with Crippen molar-refractivity contribution in [2.75, 3.05) is 11.5 Å². The fourth-order valence-electron chi connectivity index (χ4n) is 0.976. The summed E-state index contributed by atoms with van der Waals surface area (Å²) in [4.78, 5) is 0.0463. The zero-order valence-corrected chi connectivity index (χ0v) is 9.46. The number of halogens is 2. The molecule has 2 unspecified atom stereocenters. The molecule has 1 saturated heterocycles. The van der Waals surface area contributed by atoms with Gasteiger partial charge in [0.25, 0.3) is 0 Å². The highest BCUT2D eigenvalue weighted by Crippen LogP contribution is 2.36. The summed E-state index contributed by atoms with van der Waals surface area (Å²) in [6.45, 7) is 1.89. The van der Waals surface area contributed by atoms with Gasteiger partial charge < -0.3 is 0 Å². The van der Waals surface area contributed by atoms with Crippen LogP contribution in [0.3, 0.4) is 0 Å². The molecular formula is C5H8Br2O2S. The van der Waals surface area contributed by atoms with Gasteiger partial charge in [0, 0.05) is 4.83 Å². The van der Waals surface area contributed by atoms with Crippen LogP contribution in [-0.2, 0) is 9.84 Å². The van der Waals surface area contributed by atoms with Crippen molar-refractivity contribution in [1.82, 2.24) is 0 Å². The van der Waals surface area contributed by atoms with E-state index in [0.29, 0.717) is 0 Å². The summed E-state index contributed by atoms with van der Waals surface area (Å²) in [6.07, 6.45) is 0. The molecule has 10 heavy (non-hydrogen) atoms. The minimum atomic E-state index is -2.80. The van der Waals surface area contributed by atoms with Crippen LogP contribution >= 0.6 is 31.9 Å². The molecule has 0 aromatic carbocycles. The lowest BCUT2D eigenvalue weighted by Gasteiger charge is -2.16. The van der Waals surface area contributed by atoms with Gasteiger partial charge in [-0.25, -0.2) is 8.42 Å². The van der Waals surface area contributed by atoms with Crippen LogP contribution in [0.1, 0.15) is 6.92 Å². The smallest absolute Gasteiger partial charge is 0.152 e. The lowest BCUT2D eigenvalue weighted by atomic mass is 10.2. The monoisotopic (exact) mass is 290 g/mol. The maximum absolute atomic E-state index is 11.0. The van der Waals surface area contributed by atoms with Crippen molar-refractivity contribution >= 4 is 41.7 Å². The third kappa shape index (κ3) is 1.74. The number of hydrogen-bond donors (Lipinski definition) is 0. The first-order valence-electron chi connectivity index (χ1n) is 2.87. The van der Waals surface area contributed by atoms with E-state index in [9.17, 15) is 8.42 Å². The molecule has 0 bridgehead atoms. The molecule has 0 saturated carbocycles. The van der Waals surface area contributed by atoms with Gasteiger partial charge in [0.1, 0.15) is 0 Å². The Balaban J connectivity index is 2.92. The van der Waals surface area contributed by atoms with Crippen LogP contribution in [0.5, 0.6) is 0 Å². The van der Waals surface area contributed by atoms with Crippen molar-refractivity contribution < 1.29 is 8.42 Å².